The molecule has 1 unspecified atom stereocenters. The third-order valence-corrected chi connectivity index (χ3v) is 10.1. The van der Waals surface area contributed by atoms with Crippen LogP contribution in [-0.4, -0.2) is 20.7 Å². The first-order valence-corrected chi connectivity index (χ1v) is 8.94. The summed E-state index contributed by atoms with van der Waals surface area (Å²) < 4.78 is 5.26. The zero-order valence-corrected chi connectivity index (χ0v) is 11.9. The van der Waals surface area contributed by atoms with Crippen LogP contribution in [0.1, 0.15) is 41.0 Å². The SMILES string of the molecule is CCCOC(=O)C(C)[Si](CC)(CC)CC. The van der Waals surface area contributed by atoms with Gasteiger partial charge in [-0.05, 0) is 6.42 Å². The summed E-state index contributed by atoms with van der Waals surface area (Å²) in [7, 11) is -1.41. The van der Waals surface area contributed by atoms with E-state index < -0.39 is 8.07 Å². The molecule has 1 atom stereocenters. The Morgan fingerprint density at radius 3 is 1.93 bits per heavy atom. The minimum absolute atomic E-state index is 0.0362. The van der Waals surface area contributed by atoms with Crippen molar-refractivity contribution in [3.05, 3.63) is 0 Å². The Balaban J connectivity index is 4.48. The number of carbonyl (C=O) groups excluding carboxylic acids is 1. The zero-order chi connectivity index (χ0) is 11.9. The van der Waals surface area contributed by atoms with Crippen molar-refractivity contribution < 1.29 is 9.53 Å². The van der Waals surface area contributed by atoms with E-state index in [0.717, 1.165) is 6.42 Å². The predicted octanol–water partition coefficient (Wildman–Crippen LogP) is 3.84. The molecule has 0 fully saturated rings. The molecule has 2 nitrogen and oxygen atoms in total. The summed E-state index contributed by atoms with van der Waals surface area (Å²) in [6, 6.07) is 3.55. The fraction of sp³-hybridized carbons (Fsp3) is 0.917. The van der Waals surface area contributed by atoms with Crippen LogP contribution in [0.15, 0.2) is 0 Å². The lowest BCUT2D eigenvalue weighted by Gasteiger charge is -2.33. The van der Waals surface area contributed by atoms with E-state index in [1.807, 2.05) is 6.92 Å². The van der Waals surface area contributed by atoms with Gasteiger partial charge in [0, 0.05) is 5.54 Å². The zero-order valence-electron chi connectivity index (χ0n) is 10.9. The van der Waals surface area contributed by atoms with Gasteiger partial charge in [-0.25, -0.2) is 0 Å². The Bertz CT molecular complexity index is 180. The summed E-state index contributed by atoms with van der Waals surface area (Å²) >= 11 is 0. The van der Waals surface area contributed by atoms with Crippen molar-refractivity contribution in [2.75, 3.05) is 6.61 Å². The fourth-order valence-corrected chi connectivity index (χ4v) is 6.17. The van der Waals surface area contributed by atoms with Crippen molar-refractivity contribution in [3.63, 3.8) is 0 Å². The second kappa shape index (κ2) is 7.04. The van der Waals surface area contributed by atoms with E-state index in [-0.39, 0.29) is 11.5 Å². The molecule has 0 saturated heterocycles. The third-order valence-electron chi connectivity index (χ3n) is 3.83. The number of carbonyl (C=O) groups is 1. The van der Waals surface area contributed by atoms with Gasteiger partial charge in [0.2, 0.25) is 0 Å². The molecule has 0 amide bonds. The highest BCUT2D eigenvalue weighted by molar-refractivity contribution is 6.83. The molecule has 0 bridgehead atoms. The average molecular weight is 230 g/mol. The van der Waals surface area contributed by atoms with Crippen molar-refractivity contribution >= 4 is 14.0 Å². The molecule has 0 aliphatic carbocycles. The normalized spacial score (nSPS) is 13.7. The molecule has 0 rings (SSSR count). The third kappa shape index (κ3) is 3.63. The van der Waals surface area contributed by atoms with Crippen LogP contribution in [-0.2, 0) is 9.53 Å². The fourth-order valence-electron chi connectivity index (χ4n) is 2.25. The molecule has 90 valence electrons. The number of rotatable bonds is 7. The molecular formula is C12H26O2Si. The van der Waals surface area contributed by atoms with Gasteiger partial charge in [0.15, 0.2) is 0 Å². The lowest BCUT2D eigenvalue weighted by molar-refractivity contribution is -0.143. The number of esters is 1. The van der Waals surface area contributed by atoms with Gasteiger partial charge in [0.25, 0.3) is 0 Å². The van der Waals surface area contributed by atoms with E-state index in [0.29, 0.717) is 6.61 Å². The van der Waals surface area contributed by atoms with Crippen molar-refractivity contribution in [2.24, 2.45) is 0 Å². The minimum atomic E-state index is -1.41. The van der Waals surface area contributed by atoms with Gasteiger partial charge in [-0.2, -0.15) is 0 Å². The number of ether oxygens (including phenoxy) is 1. The van der Waals surface area contributed by atoms with E-state index in [1.165, 1.54) is 18.1 Å². The van der Waals surface area contributed by atoms with Gasteiger partial charge in [-0.1, -0.05) is 52.8 Å². The molecule has 15 heavy (non-hydrogen) atoms. The Morgan fingerprint density at radius 1 is 1.13 bits per heavy atom. The Morgan fingerprint density at radius 2 is 1.60 bits per heavy atom. The molecule has 0 radical (unpaired) electrons. The van der Waals surface area contributed by atoms with Crippen LogP contribution in [0, 0.1) is 0 Å². The molecule has 0 aromatic carbocycles. The summed E-state index contributed by atoms with van der Waals surface area (Å²) in [5, 5.41) is 0. The van der Waals surface area contributed by atoms with Gasteiger partial charge >= 0.3 is 5.97 Å². The van der Waals surface area contributed by atoms with Crippen molar-refractivity contribution in [1.82, 2.24) is 0 Å². The number of hydrogen-bond donors (Lipinski definition) is 0. The molecular weight excluding hydrogens is 204 g/mol. The van der Waals surface area contributed by atoms with Crippen molar-refractivity contribution in [2.45, 2.75) is 64.7 Å². The largest absolute Gasteiger partial charge is 0.466 e. The maximum Gasteiger partial charge on any atom is 0.305 e. The highest BCUT2D eigenvalue weighted by Gasteiger charge is 2.38. The maximum absolute atomic E-state index is 11.8. The molecule has 0 saturated carbocycles. The monoisotopic (exact) mass is 230 g/mol. The minimum Gasteiger partial charge on any atom is -0.466 e. The molecule has 0 aromatic heterocycles. The van der Waals surface area contributed by atoms with E-state index >= 15 is 0 Å². The first-order chi connectivity index (χ1) is 7.07. The highest BCUT2D eigenvalue weighted by Crippen LogP contribution is 2.33. The second-order valence-corrected chi connectivity index (χ2v) is 10.0. The van der Waals surface area contributed by atoms with Crippen molar-refractivity contribution in [3.8, 4) is 0 Å². The van der Waals surface area contributed by atoms with E-state index in [2.05, 4.69) is 27.7 Å². The van der Waals surface area contributed by atoms with Crippen LogP contribution in [0.2, 0.25) is 23.7 Å². The van der Waals surface area contributed by atoms with Gasteiger partial charge in [0.05, 0.1) is 14.7 Å². The lowest BCUT2D eigenvalue weighted by atomic mass is 10.5. The van der Waals surface area contributed by atoms with Crippen LogP contribution in [0.5, 0.6) is 0 Å². The Hall–Kier alpha value is -0.313. The first kappa shape index (κ1) is 14.7. The van der Waals surface area contributed by atoms with Crippen LogP contribution >= 0.6 is 0 Å². The molecule has 3 heteroatoms. The standard InChI is InChI=1S/C12H26O2Si/c1-6-10-14-12(13)11(5)15(7-2,8-3)9-4/h11H,6-10H2,1-5H3. The molecule has 0 aromatic rings. The summed E-state index contributed by atoms with van der Waals surface area (Å²) in [5.41, 5.74) is 0.157. The first-order valence-electron chi connectivity index (χ1n) is 6.24. The smallest absolute Gasteiger partial charge is 0.305 e. The van der Waals surface area contributed by atoms with Crippen LogP contribution < -0.4 is 0 Å². The molecule has 0 N–H and O–H groups in total. The molecule has 0 spiro atoms. The van der Waals surface area contributed by atoms with E-state index in [1.54, 1.807) is 0 Å². The van der Waals surface area contributed by atoms with Crippen LogP contribution in [0.4, 0.5) is 0 Å². The molecule has 0 aliphatic heterocycles. The van der Waals surface area contributed by atoms with E-state index in [9.17, 15) is 4.79 Å². The summed E-state index contributed by atoms with van der Waals surface area (Å²) in [5.74, 6) is 0.0362. The van der Waals surface area contributed by atoms with Gasteiger partial charge in [-0.15, -0.1) is 0 Å². The van der Waals surface area contributed by atoms with E-state index in [4.69, 9.17) is 4.74 Å². The topological polar surface area (TPSA) is 26.3 Å². The number of hydrogen-bond acceptors (Lipinski definition) is 2. The van der Waals surface area contributed by atoms with Crippen LogP contribution in [0.3, 0.4) is 0 Å². The van der Waals surface area contributed by atoms with Gasteiger partial charge in [-0.3, -0.25) is 4.79 Å². The maximum atomic E-state index is 11.8. The molecule has 0 heterocycles. The quantitative estimate of drug-likeness (QED) is 0.491. The second-order valence-electron chi connectivity index (χ2n) is 4.31. The average Bonchev–Trinajstić information content (AvgIpc) is 2.28. The van der Waals surface area contributed by atoms with Gasteiger partial charge in [0.1, 0.15) is 0 Å². The Kier molecular flexibility index (Phi) is 6.90. The molecule has 0 aliphatic rings. The summed E-state index contributed by atoms with van der Waals surface area (Å²) in [4.78, 5) is 11.8. The highest BCUT2D eigenvalue weighted by atomic mass is 28.3. The summed E-state index contributed by atoms with van der Waals surface area (Å²) in [6.07, 6.45) is 0.914. The van der Waals surface area contributed by atoms with Crippen LogP contribution in [0.25, 0.3) is 0 Å². The van der Waals surface area contributed by atoms with Crippen molar-refractivity contribution in [1.29, 1.82) is 0 Å². The Labute approximate surface area is 95.4 Å². The predicted molar refractivity (Wildman–Crippen MR) is 67.9 cm³/mol. The lowest BCUT2D eigenvalue weighted by Crippen LogP contribution is -2.40. The van der Waals surface area contributed by atoms with Gasteiger partial charge < -0.3 is 4.74 Å². The summed E-state index contributed by atoms with van der Waals surface area (Å²) in [6.45, 7) is 11.3.